The quantitative estimate of drug-likeness (QED) is 0.0205. The Morgan fingerprint density at radius 1 is 0.375 bits per heavy atom. The molecule has 0 spiro atoms. The predicted octanol–water partition coefficient (Wildman–Crippen LogP) is 27.4. The second-order valence-corrected chi connectivity index (χ2v) is 37.7. The first-order valence-electron chi connectivity index (χ1n) is 51.8. The Morgan fingerprint density at radius 3 is 1.03 bits per heavy atom. The summed E-state index contributed by atoms with van der Waals surface area (Å²) >= 11 is 0. The summed E-state index contributed by atoms with van der Waals surface area (Å²) in [6, 6.07) is 21.9. The van der Waals surface area contributed by atoms with Crippen LogP contribution in [0.2, 0.25) is 0 Å². The number of carbonyl (C=O) groups excluding carboxylic acids is 7. The minimum atomic E-state index is -5.09. The van der Waals surface area contributed by atoms with Crippen LogP contribution in [0.25, 0.3) is 0 Å². The highest BCUT2D eigenvalue weighted by Gasteiger charge is 2.54. The van der Waals surface area contributed by atoms with E-state index in [9.17, 15) is 29.1 Å². The first-order chi connectivity index (χ1) is 62.5. The van der Waals surface area contributed by atoms with Gasteiger partial charge in [-0.1, -0.05) is 416 Å². The van der Waals surface area contributed by atoms with Crippen molar-refractivity contribution in [2.45, 2.75) is 508 Å². The lowest BCUT2D eigenvalue weighted by Gasteiger charge is -2.45. The third-order valence-corrected chi connectivity index (χ3v) is 25.7. The van der Waals surface area contributed by atoms with Crippen molar-refractivity contribution >= 4 is 49.5 Å². The van der Waals surface area contributed by atoms with Gasteiger partial charge in [-0.2, -0.15) is 0 Å². The van der Waals surface area contributed by atoms with Gasteiger partial charge in [0.15, 0.2) is 18.4 Å². The Bertz CT molecular complexity index is 3230. The van der Waals surface area contributed by atoms with Gasteiger partial charge in [0.05, 0.1) is 32.5 Å². The van der Waals surface area contributed by atoms with Crippen molar-refractivity contribution in [3.63, 3.8) is 0 Å². The number of nitrogens with one attached hydrogen (secondary N) is 2. The van der Waals surface area contributed by atoms with Crippen molar-refractivity contribution in [1.29, 1.82) is 0 Å². The molecule has 21 nitrogen and oxygen atoms in total. The molecule has 128 heavy (non-hydrogen) atoms. The van der Waals surface area contributed by atoms with E-state index < -0.39 is 131 Å². The van der Waals surface area contributed by atoms with Crippen molar-refractivity contribution in [3.8, 4) is 11.5 Å². The van der Waals surface area contributed by atoms with Crippen molar-refractivity contribution in [1.82, 2.24) is 10.6 Å². The first-order valence-corrected chi connectivity index (χ1v) is 53.2. The highest BCUT2D eigenvalue weighted by Crippen LogP contribution is 2.53. The van der Waals surface area contributed by atoms with Crippen molar-refractivity contribution < 1.29 is 90.0 Å². The summed E-state index contributed by atoms with van der Waals surface area (Å²) in [5.41, 5.74) is 0.644. The second kappa shape index (κ2) is 77.1. The highest BCUT2D eigenvalue weighted by molar-refractivity contribution is 7.49. The Kier molecular flexibility index (Phi) is 68.6. The summed E-state index contributed by atoms with van der Waals surface area (Å²) in [6.07, 6.45) is 46.8. The molecule has 1 aliphatic heterocycles. The zero-order valence-corrected chi connectivity index (χ0v) is 81.7. The summed E-state index contributed by atoms with van der Waals surface area (Å²) in [5.74, 6) is -4.45. The van der Waals surface area contributed by atoms with Crippen LogP contribution >= 0.6 is 7.82 Å². The number of esters is 5. The number of unbranched alkanes of at least 4 members (excludes halogenated alkanes) is 48. The van der Waals surface area contributed by atoms with Crippen LogP contribution in [-0.2, 0) is 82.4 Å². The van der Waals surface area contributed by atoms with Gasteiger partial charge in [0, 0.05) is 19.3 Å². The SMILES string of the molecule is CCCCCCCCCCCC(=O)O[C@H](CCCCCCCCCCC)CC(=O)N[C@H]1[C@H](OC[C@H](NC(=O)C[C@@H](CCCCCCCCCCC)OC(=O)CCCCCCCCCCC)C(=O)OCc2ccccc2)O[C@H](CO)[C@@H](OP(=O)(Oc2ccccc2)Oc2ccccc2)[C@@H]1OC(=O)C[C@@H](CCCCCCCCCCC)OC(=O)CCCCCCCCCCC. The molecule has 730 valence electrons. The molecule has 1 fully saturated rings. The van der Waals surface area contributed by atoms with Crippen molar-refractivity contribution in [2.75, 3.05) is 13.2 Å². The topological polar surface area (TPSA) is 273 Å². The average Bonchev–Trinajstić information content (AvgIpc) is 0.770. The van der Waals surface area contributed by atoms with Crippen LogP contribution in [0, 0.1) is 0 Å². The number of aliphatic hydroxyl groups excluding tert-OH is 1. The van der Waals surface area contributed by atoms with Gasteiger partial charge in [-0.25, -0.2) is 9.36 Å². The summed E-state index contributed by atoms with van der Waals surface area (Å²) < 4.78 is 80.3. The average molecular weight is 1810 g/mol. The smallest absolute Gasteiger partial charge is 0.462 e. The fourth-order valence-corrected chi connectivity index (χ4v) is 18.1. The van der Waals surface area contributed by atoms with Crippen LogP contribution in [0.4, 0.5) is 0 Å². The third-order valence-electron chi connectivity index (χ3n) is 24.3. The maximum absolute atomic E-state index is 16.0. The molecule has 0 aliphatic carbocycles. The fourth-order valence-electron chi connectivity index (χ4n) is 16.7. The van der Waals surface area contributed by atoms with Gasteiger partial charge in [0.1, 0.15) is 54.7 Å². The molecule has 0 bridgehead atoms. The number of benzene rings is 3. The maximum atomic E-state index is 16.0. The van der Waals surface area contributed by atoms with E-state index in [4.69, 9.17) is 46.7 Å². The second-order valence-electron chi connectivity index (χ2n) is 36.2. The summed E-state index contributed by atoms with van der Waals surface area (Å²) in [4.78, 5) is 103. The zero-order valence-electron chi connectivity index (χ0n) is 80.8. The van der Waals surface area contributed by atoms with Crippen LogP contribution in [0.5, 0.6) is 11.5 Å². The van der Waals surface area contributed by atoms with E-state index in [2.05, 4.69) is 52.2 Å². The van der Waals surface area contributed by atoms with E-state index in [0.717, 1.165) is 180 Å². The monoisotopic (exact) mass is 1810 g/mol. The molecule has 2 amide bonds. The van der Waals surface area contributed by atoms with E-state index >= 15 is 14.2 Å². The van der Waals surface area contributed by atoms with Crippen LogP contribution < -0.4 is 19.7 Å². The van der Waals surface area contributed by atoms with Crippen molar-refractivity contribution in [2.24, 2.45) is 0 Å². The predicted molar refractivity (Wildman–Crippen MR) is 513 cm³/mol. The van der Waals surface area contributed by atoms with Gasteiger partial charge in [0.25, 0.3) is 0 Å². The van der Waals surface area contributed by atoms with E-state index in [0.29, 0.717) is 63.4 Å². The van der Waals surface area contributed by atoms with Crippen LogP contribution in [0.3, 0.4) is 0 Å². The number of hydrogen-bond donors (Lipinski definition) is 3. The molecule has 0 unspecified atom stereocenters. The van der Waals surface area contributed by atoms with Gasteiger partial charge < -0.3 is 57.9 Å². The summed E-state index contributed by atoms with van der Waals surface area (Å²) in [6.45, 7) is 11.3. The van der Waals surface area contributed by atoms with E-state index in [1.807, 2.05) is 6.07 Å². The number of amides is 2. The molecular weight excluding hydrogens is 1640 g/mol. The number of phosphoric ester groups is 1. The number of aliphatic hydroxyl groups is 1. The standard InChI is InChI=1S/C106H177N2O19P/c1-7-13-19-25-31-37-43-49-60-76-91(120-98(112)79-67-52-46-40-34-28-22-16-10-4)82-96(110)107-94(105(116)118-86-88-70-58-55-59-71-88)87-119-106-102(108-97(111)83-92(77-61-50-44-38-32-26-20-14-8-2)121-99(113)80-68-53-47-41-35-29-23-17-11-5)104(103(95(85-109)123-106)127-128(117,125-89-72-63-56-64-73-89)126-90-74-65-57-66-75-90)124-101(115)84-93(78-62-51-45-39-33-27-21-15-9-3)122-100(114)81-69-54-48-42-36-30-24-18-12-6/h55-59,63-66,70-75,91-95,102-104,106,109H,7-54,60-62,67-69,76-87H2,1-6H3,(H,107,110)(H,108,111)/t91-,92-,93-,94+,95-,102-,103-,104-,106-/m1/s1. The number of phosphoric acid groups is 1. The molecule has 4 rings (SSSR count). The molecule has 1 heterocycles. The lowest BCUT2D eigenvalue weighted by molar-refractivity contribution is -0.272. The Balaban J connectivity index is 1.91. The van der Waals surface area contributed by atoms with Crippen LogP contribution in [0.1, 0.15) is 452 Å². The van der Waals surface area contributed by atoms with Gasteiger partial charge in [-0.3, -0.25) is 33.3 Å². The molecular formula is C106H177N2O19P. The van der Waals surface area contributed by atoms with Gasteiger partial charge in [-0.05, 0) is 87.6 Å². The van der Waals surface area contributed by atoms with Gasteiger partial charge in [-0.15, -0.1) is 0 Å². The molecule has 3 aromatic rings. The number of ether oxygens (including phenoxy) is 7. The third kappa shape index (κ3) is 57.8. The summed E-state index contributed by atoms with van der Waals surface area (Å²) in [5, 5.41) is 17.8. The first kappa shape index (κ1) is 114. The maximum Gasteiger partial charge on any atom is 0.588 e. The molecule has 3 aromatic carbocycles. The summed E-state index contributed by atoms with van der Waals surface area (Å²) in [7, 11) is -5.09. The van der Waals surface area contributed by atoms with Crippen molar-refractivity contribution in [3.05, 3.63) is 96.6 Å². The number of carbonyl (C=O) groups is 7. The number of para-hydroxylation sites is 2. The molecule has 9 atom stereocenters. The van der Waals surface area contributed by atoms with Gasteiger partial charge in [0.2, 0.25) is 11.8 Å². The molecule has 3 N–H and O–H groups in total. The lowest BCUT2D eigenvalue weighted by atomic mass is 9.95. The van der Waals surface area contributed by atoms with Gasteiger partial charge >= 0.3 is 37.7 Å². The lowest BCUT2D eigenvalue weighted by Crippen LogP contribution is -2.67. The Labute approximate surface area is 774 Å². The van der Waals surface area contributed by atoms with Crippen LogP contribution in [-0.4, -0.2) is 115 Å². The highest BCUT2D eigenvalue weighted by atomic mass is 31.2. The van der Waals surface area contributed by atoms with Crippen LogP contribution in [0.15, 0.2) is 91.0 Å². The molecule has 0 saturated carbocycles. The number of rotatable bonds is 85. The molecule has 0 radical (unpaired) electrons. The van der Waals surface area contributed by atoms with E-state index in [1.54, 1.807) is 84.9 Å². The fraction of sp³-hybridized carbons (Fsp3) is 0.764. The zero-order chi connectivity index (χ0) is 92.2. The molecule has 1 aliphatic rings. The normalized spacial score (nSPS) is 16.0. The minimum Gasteiger partial charge on any atom is -0.462 e. The Morgan fingerprint density at radius 2 is 0.688 bits per heavy atom. The Hall–Kier alpha value is -6.38. The minimum absolute atomic E-state index is 0.0480. The molecule has 0 aromatic heterocycles. The molecule has 1 saturated heterocycles. The number of hydrogen-bond acceptors (Lipinski definition) is 19. The van der Waals surface area contributed by atoms with E-state index in [1.165, 1.54) is 128 Å². The largest absolute Gasteiger partial charge is 0.588 e. The molecule has 22 heteroatoms. The van der Waals surface area contributed by atoms with E-state index in [-0.39, 0.29) is 43.8 Å².